The maximum atomic E-state index is 12.7. The summed E-state index contributed by atoms with van der Waals surface area (Å²) in [6.07, 6.45) is 0. The zero-order valence-corrected chi connectivity index (χ0v) is 16.6. The van der Waals surface area contributed by atoms with Gasteiger partial charge in [-0.2, -0.15) is 0 Å². The van der Waals surface area contributed by atoms with Gasteiger partial charge in [0.2, 0.25) is 0 Å². The number of hydrogen-bond donors (Lipinski definition) is 2. The standard InChI is InChI=1S/C23H20ClNO4/c1-15-2-4-17(5-3-15)14-29-21-11-10-19(24)12-20(21)22(26)25-13-16-6-8-18(9-7-16)23(27)28/h2-12H,13-14H2,1H3,(H,25,26)(H,27,28). The lowest BCUT2D eigenvalue weighted by Gasteiger charge is -2.13. The van der Waals surface area contributed by atoms with Gasteiger partial charge in [0.25, 0.3) is 5.91 Å². The molecule has 0 atom stereocenters. The molecule has 0 bridgehead atoms. The van der Waals surface area contributed by atoms with Crippen LogP contribution in [0.25, 0.3) is 0 Å². The highest BCUT2D eigenvalue weighted by molar-refractivity contribution is 6.31. The number of carboxylic acid groups (broad SMARTS) is 1. The molecule has 3 aromatic rings. The minimum absolute atomic E-state index is 0.196. The second-order valence-electron chi connectivity index (χ2n) is 6.60. The van der Waals surface area contributed by atoms with E-state index in [2.05, 4.69) is 5.32 Å². The van der Waals surface area contributed by atoms with Gasteiger partial charge in [0.15, 0.2) is 0 Å². The molecule has 5 nitrogen and oxygen atoms in total. The van der Waals surface area contributed by atoms with Crippen LogP contribution in [0.5, 0.6) is 5.75 Å². The minimum Gasteiger partial charge on any atom is -0.488 e. The van der Waals surface area contributed by atoms with Crippen LogP contribution in [0.2, 0.25) is 5.02 Å². The zero-order chi connectivity index (χ0) is 20.8. The van der Waals surface area contributed by atoms with Crippen molar-refractivity contribution in [3.8, 4) is 5.75 Å². The molecule has 0 radical (unpaired) electrons. The zero-order valence-electron chi connectivity index (χ0n) is 15.8. The van der Waals surface area contributed by atoms with Gasteiger partial charge < -0.3 is 15.2 Å². The summed E-state index contributed by atoms with van der Waals surface area (Å²) in [6, 6.07) is 19.2. The largest absolute Gasteiger partial charge is 0.488 e. The van der Waals surface area contributed by atoms with E-state index in [0.29, 0.717) is 22.9 Å². The van der Waals surface area contributed by atoms with Crippen LogP contribution in [-0.2, 0) is 13.2 Å². The van der Waals surface area contributed by atoms with Crippen molar-refractivity contribution < 1.29 is 19.4 Å². The van der Waals surface area contributed by atoms with Crippen LogP contribution in [-0.4, -0.2) is 17.0 Å². The van der Waals surface area contributed by atoms with Gasteiger partial charge in [-0.25, -0.2) is 4.79 Å². The van der Waals surface area contributed by atoms with E-state index in [4.69, 9.17) is 21.4 Å². The number of nitrogens with one attached hydrogen (secondary N) is 1. The Morgan fingerprint density at radius 2 is 1.62 bits per heavy atom. The number of rotatable bonds is 7. The van der Waals surface area contributed by atoms with Crippen LogP contribution < -0.4 is 10.1 Å². The van der Waals surface area contributed by atoms with Crippen LogP contribution in [0.3, 0.4) is 0 Å². The van der Waals surface area contributed by atoms with Gasteiger partial charge in [-0.1, -0.05) is 53.6 Å². The fourth-order valence-corrected chi connectivity index (χ4v) is 2.87. The van der Waals surface area contributed by atoms with E-state index in [1.807, 2.05) is 31.2 Å². The first kappa shape index (κ1) is 20.4. The molecule has 3 aromatic carbocycles. The Labute approximate surface area is 173 Å². The SMILES string of the molecule is Cc1ccc(COc2ccc(Cl)cc2C(=O)NCc2ccc(C(=O)O)cc2)cc1. The normalized spacial score (nSPS) is 10.4. The molecule has 29 heavy (non-hydrogen) atoms. The Hall–Kier alpha value is -3.31. The Balaban J connectivity index is 1.68. The van der Waals surface area contributed by atoms with E-state index in [1.54, 1.807) is 30.3 Å². The number of carbonyl (C=O) groups is 2. The smallest absolute Gasteiger partial charge is 0.335 e. The second-order valence-corrected chi connectivity index (χ2v) is 7.04. The molecule has 0 aliphatic rings. The molecule has 0 aliphatic heterocycles. The molecule has 0 unspecified atom stereocenters. The predicted octanol–water partition coefficient (Wildman–Crippen LogP) is 4.86. The third-order valence-corrected chi connectivity index (χ3v) is 4.59. The van der Waals surface area contributed by atoms with Crippen LogP contribution in [0.1, 0.15) is 37.4 Å². The molecule has 0 spiro atoms. The number of aryl methyl sites for hydroxylation is 1. The maximum absolute atomic E-state index is 12.7. The van der Waals surface area contributed by atoms with Crippen molar-refractivity contribution >= 4 is 23.5 Å². The van der Waals surface area contributed by atoms with Crippen molar-refractivity contribution in [3.05, 3.63) is 99.6 Å². The Morgan fingerprint density at radius 3 is 2.28 bits per heavy atom. The molecule has 2 N–H and O–H groups in total. The van der Waals surface area contributed by atoms with Crippen LogP contribution >= 0.6 is 11.6 Å². The first-order chi connectivity index (χ1) is 13.9. The highest BCUT2D eigenvalue weighted by atomic mass is 35.5. The van der Waals surface area contributed by atoms with E-state index in [1.165, 1.54) is 12.1 Å². The van der Waals surface area contributed by atoms with Gasteiger partial charge in [0.05, 0.1) is 11.1 Å². The summed E-state index contributed by atoms with van der Waals surface area (Å²) in [5.74, 6) is -0.878. The van der Waals surface area contributed by atoms with Gasteiger partial charge >= 0.3 is 5.97 Å². The molecule has 3 rings (SSSR count). The Bertz CT molecular complexity index is 1010. The van der Waals surface area contributed by atoms with Gasteiger partial charge in [0, 0.05) is 11.6 Å². The van der Waals surface area contributed by atoms with E-state index in [0.717, 1.165) is 16.7 Å². The molecule has 148 valence electrons. The van der Waals surface area contributed by atoms with Crippen molar-refractivity contribution in [3.63, 3.8) is 0 Å². The fraction of sp³-hybridized carbons (Fsp3) is 0.130. The number of aromatic carboxylic acids is 1. The van der Waals surface area contributed by atoms with Gasteiger partial charge in [-0.05, 0) is 48.4 Å². The maximum Gasteiger partial charge on any atom is 0.335 e. The minimum atomic E-state index is -0.991. The van der Waals surface area contributed by atoms with Gasteiger partial charge in [-0.3, -0.25) is 4.79 Å². The number of carbonyl (C=O) groups excluding carboxylic acids is 1. The Kier molecular flexibility index (Phi) is 6.52. The summed E-state index contributed by atoms with van der Waals surface area (Å²) in [5, 5.41) is 12.2. The van der Waals surface area contributed by atoms with E-state index >= 15 is 0 Å². The van der Waals surface area contributed by atoms with E-state index < -0.39 is 5.97 Å². The third kappa shape index (κ3) is 5.59. The van der Waals surface area contributed by atoms with Crippen LogP contribution in [0, 0.1) is 6.92 Å². The van der Waals surface area contributed by atoms with Crippen molar-refractivity contribution in [2.75, 3.05) is 0 Å². The number of halogens is 1. The Morgan fingerprint density at radius 1 is 0.966 bits per heavy atom. The van der Waals surface area contributed by atoms with Gasteiger partial charge in [0.1, 0.15) is 12.4 Å². The summed E-state index contributed by atoms with van der Waals surface area (Å²) >= 11 is 6.07. The highest BCUT2D eigenvalue weighted by Gasteiger charge is 2.14. The molecule has 0 aromatic heterocycles. The molecule has 0 heterocycles. The number of carboxylic acids is 1. The first-order valence-electron chi connectivity index (χ1n) is 9.01. The van der Waals surface area contributed by atoms with E-state index in [-0.39, 0.29) is 18.0 Å². The lowest BCUT2D eigenvalue weighted by molar-refractivity contribution is 0.0696. The van der Waals surface area contributed by atoms with Crippen molar-refractivity contribution in [2.24, 2.45) is 0 Å². The number of benzene rings is 3. The molecular formula is C23H20ClNO4. The molecule has 0 aliphatic carbocycles. The number of hydrogen-bond acceptors (Lipinski definition) is 3. The van der Waals surface area contributed by atoms with Crippen molar-refractivity contribution in [1.82, 2.24) is 5.32 Å². The van der Waals surface area contributed by atoms with Gasteiger partial charge in [-0.15, -0.1) is 0 Å². The lowest BCUT2D eigenvalue weighted by atomic mass is 10.1. The summed E-state index contributed by atoms with van der Waals surface area (Å²) in [6.45, 7) is 2.60. The average molecular weight is 410 g/mol. The van der Waals surface area contributed by atoms with Crippen LogP contribution in [0.15, 0.2) is 66.7 Å². The summed E-state index contributed by atoms with van der Waals surface area (Å²) < 4.78 is 5.85. The summed E-state index contributed by atoms with van der Waals surface area (Å²) in [7, 11) is 0. The quantitative estimate of drug-likeness (QED) is 0.584. The number of amides is 1. The molecule has 0 fully saturated rings. The average Bonchev–Trinajstić information content (AvgIpc) is 2.72. The molecule has 6 heteroatoms. The topological polar surface area (TPSA) is 75.6 Å². The van der Waals surface area contributed by atoms with Crippen LogP contribution in [0.4, 0.5) is 0 Å². The van der Waals surface area contributed by atoms with E-state index in [9.17, 15) is 9.59 Å². The second kappa shape index (κ2) is 9.26. The van der Waals surface area contributed by atoms with Crippen molar-refractivity contribution in [1.29, 1.82) is 0 Å². The summed E-state index contributed by atoms with van der Waals surface area (Å²) in [5.41, 5.74) is 3.48. The molecule has 1 amide bonds. The summed E-state index contributed by atoms with van der Waals surface area (Å²) in [4.78, 5) is 23.6. The third-order valence-electron chi connectivity index (χ3n) is 4.36. The monoisotopic (exact) mass is 409 g/mol. The lowest BCUT2D eigenvalue weighted by Crippen LogP contribution is -2.23. The molecule has 0 saturated carbocycles. The molecule has 0 saturated heterocycles. The number of ether oxygens (including phenoxy) is 1. The first-order valence-corrected chi connectivity index (χ1v) is 9.38. The fourth-order valence-electron chi connectivity index (χ4n) is 2.69. The molecular weight excluding hydrogens is 390 g/mol. The predicted molar refractivity (Wildman–Crippen MR) is 112 cm³/mol. The highest BCUT2D eigenvalue weighted by Crippen LogP contribution is 2.24. The van der Waals surface area contributed by atoms with Crippen molar-refractivity contribution in [2.45, 2.75) is 20.1 Å².